The molecule has 0 amide bonds. The van der Waals surface area contributed by atoms with Gasteiger partial charge >= 0.3 is 0 Å². The first-order valence-corrected chi connectivity index (χ1v) is 5.03. The Kier molecular flexibility index (Phi) is 3.53. The lowest BCUT2D eigenvalue weighted by molar-refractivity contribution is 0.143. The Bertz CT molecular complexity index is 132. The fourth-order valence-electron chi connectivity index (χ4n) is 2.04. The maximum absolute atomic E-state index is 3.50. The lowest BCUT2D eigenvalue weighted by atomic mass is 9.80. The van der Waals surface area contributed by atoms with Crippen LogP contribution >= 0.6 is 0 Å². The molecule has 1 aliphatic carbocycles. The Labute approximate surface area is 76.3 Å². The molecule has 0 aromatic rings. The lowest BCUT2D eigenvalue weighted by Crippen LogP contribution is -2.46. The van der Waals surface area contributed by atoms with Crippen molar-refractivity contribution in [2.75, 3.05) is 14.1 Å². The maximum atomic E-state index is 3.50. The maximum Gasteiger partial charge on any atom is 0.0243 e. The second-order valence-corrected chi connectivity index (χ2v) is 4.53. The molecule has 0 heterocycles. The van der Waals surface area contributed by atoms with Gasteiger partial charge in [0.25, 0.3) is 0 Å². The van der Waals surface area contributed by atoms with E-state index in [1.54, 1.807) is 0 Å². The highest BCUT2D eigenvalue weighted by Crippen LogP contribution is 2.28. The second-order valence-electron chi connectivity index (χ2n) is 4.53. The third kappa shape index (κ3) is 2.76. The van der Waals surface area contributed by atoms with Crippen LogP contribution in [0, 0.1) is 11.8 Å². The SMILES string of the molecule is CC1CCC(C)C(NN(C)C)C1. The van der Waals surface area contributed by atoms with Crippen molar-refractivity contribution in [2.24, 2.45) is 11.8 Å². The summed E-state index contributed by atoms with van der Waals surface area (Å²) in [6.07, 6.45) is 4.12. The van der Waals surface area contributed by atoms with Crippen LogP contribution in [0.3, 0.4) is 0 Å². The first-order chi connectivity index (χ1) is 5.59. The zero-order valence-corrected chi connectivity index (χ0v) is 8.80. The Morgan fingerprint density at radius 2 is 1.83 bits per heavy atom. The van der Waals surface area contributed by atoms with E-state index in [1.165, 1.54) is 19.3 Å². The molecule has 1 rings (SSSR count). The molecule has 1 saturated carbocycles. The largest absolute Gasteiger partial charge is 0.252 e. The fourth-order valence-corrected chi connectivity index (χ4v) is 2.04. The minimum absolute atomic E-state index is 0.698. The smallest absolute Gasteiger partial charge is 0.0243 e. The summed E-state index contributed by atoms with van der Waals surface area (Å²) in [5.74, 6) is 1.74. The third-order valence-electron chi connectivity index (χ3n) is 2.88. The van der Waals surface area contributed by atoms with E-state index < -0.39 is 0 Å². The van der Waals surface area contributed by atoms with E-state index in [4.69, 9.17) is 0 Å². The van der Waals surface area contributed by atoms with Crippen molar-refractivity contribution >= 4 is 0 Å². The van der Waals surface area contributed by atoms with Gasteiger partial charge in [-0.3, -0.25) is 10.4 Å². The van der Waals surface area contributed by atoms with Crippen LogP contribution in [0.15, 0.2) is 0 Å². The molecule has 3 atom stereocenters. The van der Waals surface area contributed by atoms with Crippen LogP contribution in [-0.4, -0.2) is 25.1 Å². The van der Waals surface area contributed by atoms with Crippen LogP contribution in [0.1, 0.15) is 33.1 Å². The first-order valence-electron chi connectivity index (χ1n) is 5.03. The number of rotatable bonds is 2. The van der Waals surface area contributed by atoms with Crippen LogP contribution in [0.25, 0.3) is 0 Å². The van der Waals surface area contributed by atoms with E-state index >= 15 is 0 Å². The Balaban J connectivity index is 2.38. The van der Waals surface area contributed by atoms with Crippen molar-refractivity contribution in [3.05, 3.63) is 0 Å². The zero-order chi connectivity index (χ0) is 9.14. The summed E-state index contributed by atoms with van der Waals surface area (Å²) in [6, 6.07) is 0.698. The Morgan fingerprint density at radius 1 is 1.17 bits per heavy atom. The van der Waals surface area contributed by atoms with E-state index in [2.05, 4.69) is 38.4 Å². The van der Waals surface area contributed by atoms with Crippen LogP contribution in [0.5, 0.6) is 0 Å². The molecular formula is C10H22N2. The van der Waals surface area contributed by atoms with Gasteiger partial charge in [0.2, 0.25) is 0 Å². The topological polar surface area (TPSA) is 15.3 Å². The molecule has 12 heavy (non-hydrogen) atoms. The fraction of sp³-hybridized carbons (Fsp3) is 1.00. The van der Waals surface area contributed by atoms with E-state index in [9.17, 15) is 0 Å². The predicted molar refractivity (Wildman–Crippen MR) is 52.8 cm³/mol. The summed E-state index contributed by atoms with van der Waals surface area (Å²) in [5, 5.41) is 2.08. The third-order valence-corrected chi connectivity index (χ3v) is 2.88. The second kappa shape index (κ2) is 4.24. The molecule has 1 fully saturated rings. The van der Waals surface area contributed by atoms with Crippen molar-refractivity contribution < 1.29 is 0 Å². The van der Waals surface area contributed by atoms with Crippen molar-refractivity contribution in [1.82, 2.24) is 10.4 Å². The minimum atomic E-state index is 0.698. The summed E-state index contributed by atoms with van der Waals surface area (Å²) in [5.41, 5.74) is 3.50. The number of hydrazine groups is 1. The van der Waals surface area contributed by atoms with Crippen LogP contribution in [0.2, 0.25) is 0 Å². The minimum Gasteiger partial charge on any atom is -0.252 e. The van der Waals surface area contributed by atoms with Gasteiger partial charge in [0, 0.05) is 20.1 Å². The van der Waals surface area contributed by atoms with Gasteiger partial charge in [-0.05, 0) is 24.7 Å². The number of hydrogen-bond donors (Lipinski definition) is 1. The number of nitrogens with one attached hydrogen (secondary N) is 1. The predicted octanol–water partition coefficient (Wildman–Crippen LogP) is 1.88. The molecule has 0 aliphatic heterocycles. The standard InChI is InChI=1S/C10H22N2/c1-8-5-6-9(2)10(7-8)11-12(3)4/h8-11H,5-7H2,1-4H3. The summed E-state index contributed by atoms with van der Waals surface area (Å²) in [7, 11) is 4.15. The highest BCUT2D eigenvalue weighted by atomic mass is 15.5. The van der Waals surface area contributed by atoms with Gasteiger partial charge < -0.3 is 0 Å². The molecule has 1 N–H and O–H groups in total. The highest BCUT2D eigenvalue weighted by molar-refractivity contribution is 4.79. The number of hydrogen-bond acceptors (Lipinski definition) is 2. The van der Waals surface area contributed by atoms with Crippen molar-refractivity contribution in [1.29, 1.82) is 0 Å². The summed E-state index contributed by atoms with van der Waals surface area (Å²) < 4.78 is 0. The average Bonchev–Trinajstić information content (AvgIpc) is 1.96. The monoisotopic (exact) mass is 170 g/mol. The molecule has 2 nitrogen and oxygen atoms in total. The molecule has 0 aromatic heterocycles. The number of nitrogens with zero attached hydrogens (tertiary/aromatic N) is 1. The van der Waals surface area contributed by atoms with E-state index in [-0.39, 0.29) is 0 Å². The molecular weight excluding hydrogens is 148 g/mol. The normalized spacial score (nSPS) is 37.2. The highest BCUT2D eigenvalue weighted by Gasteiger charge is 2.25. The molecule has 0 saturated heterocycles. The Morgan fingerprint density at radius 3 is 2.42 bits per heavy atom. The van der Waals surface area contributed by atoms with Crippen LogP contribution in [0.4, 0.5) is 0 Å². The quantitative estimate of drug-likeness (QED) is 0.637. The molecule has 3 unspecified atom stereocenters. The van der Waals surface area contributed by atoms with E-state index in [0.717, 1.165) is 11.8 Å². The van der Waals surface area contributed by atoms with Gasteiger partial charge in [0.15, 0.2) is 0 Å². The summed E-state index contributed by atoms with van der Waals surface area (Å²) >= 11 is 0. The summed E-state index contributed by atoms with van der Waals surface area (Å²) in [4.78, 5) is 0. The van der Waals surface area contributed by atoms with Crippen molar-refractivity contribution in [3.63, 3.8) is 0 Å². The molecule has 1 aliphatic rings. The average molecular weight is 170 g/mol. The van der Waals surface area contributed by atoms with Crippen LogP contribution < -0.4 is 5.43 Å². The lowest BCUT2D eigenvalue weighted by Gasteiger charge is -2.35. The summed E-state index contributed by atoms with van der Waals surface area (Å²) in [6.45, 7) is 4.71. The molecule has 0 radical (unpaired) electrons. The van der Waals surface area contributed by atoms with Gasteiger partial charge in [0.05, 0.1) is 0 Å². The van der Waals surface area contributed by atoms with Gasteiger partial charge in [-0.1, -0.05) is 20.3 Å². The molecule has 72 valence electrons. The van der Waals surface area contributed by atoms with Gasteiger partial charge in [-0.25, -0.2) is 0 Å². The van der Waals surface area contributed by atoms with Crippen molar-refractivity contribution in [3.8, 4) is 0 Å². The zero-order valence-electron chi connectivity index (χ0n) is 8.80. The van der Waals surface area contributed by atoms with Crippen molar-refractivity contribution in [2.45, 2.75) is 39.2 Å². The van der Waals surface area contributed by atoms with E-state index in [0.29, 0.717) is 6.04 Å². The first kappa shape index (κ1) is 10.0. The van der Waals surface area contributed by atoms with E-state index in [1.807, 2.05) is 0 Å². The van der Waals surface area contributed by atoms with Gasteiger partial charge in [0.1, 0.15) is 0 Å². The molecule has 0 aromatic carbocycles. The molecule has 0 spiro atoms. The Hall–Kier alpha value is -0.0800. The van der Waals surface area contributed by atoms with Gasteiger partial charge in [-0.2, -0.15) is 0 Å². The van der Waals surface area contributed by atoms with Gasteiger partial charge in [-0.15, -0.1) is 0 Å². The molecule has 0 bridgehead atoms. The van der Waals surface area contributed by atoms with Crippen LogP contribution in [-0.2, 0) is 0 Å². The molecule has 2 heteroatoms.